The predicted molar refractivity (Wildman–Crippen MR) is 68.2 cm³/mol. The van der Waals surface area contributed by atoms with Crippen LogP contribution in [-0.2, 0) is 6.61 Å². The Balaban J connectivity index is 1.94. The highest BCUT2D eigenvalue weighted by Crippen LogP contribution is 2.17. The van der Waals surface area contributed by atoms with Crippen molar-refractivity contribution in [1.29, 1.82) is 0 Å². The molecule has 0 aliphatic carbocycles. The molecular weight excluding hydrogens is 230 g/mol. The summed E-state index contributed by atoms with van der Waals surface area (Å²) in [5, 5.41) is 3.93. The molecule has 1 unspecified atom stereocenters. The second-order valence-corrected chi connectivity index (χ2v) is 4.21. The molecule has 0 fully saturated rings. The number of ether oxygens (including phenoxy) is 1. The van der Waals surface area contributed by atoms with Gasteiger partial charge < -0.3 is 15.0 Å². The molecule has 0 saturated heterocycles. The molecule has 96 valence electrons. The summed E-state index contributed by atoms with van der Waals surface area (Å²) in [5.74, 6) is 2.25. The van der Waals surface area contributed by atoms with Crippen molar-refractivity contribution in [3.8, 4) is 5.75 Å². The average molecular weight is 247 g/mol. The standard InChI is InChI=1S/C13H17N3O2/c1-3-9(2)13-15-12(18-16-13)8-17-11-6-4-10(14)5-7-11/h4-7,9H,3,8,14H2,1-2H3. The largest absolute Gasteiger partial charge is 0.484 e. The first-order valence-corrected chi connectivity index (χ1v) is 6.00. The van der Waals surface area contributed by atoms with Crippen molar-refractivity contribution >= 4 is 5.69 Å². The van der Waals surface area contributed by atoms with Crippen molar-refractivity contribution < 1.29 is 9.26 Å². The molecule has 5 heteroatoms. The number of anilines is 1. The Morgan fingerprint density at radius 3 is 2.72 bits per heavy atom. The minimum absolute atomic E-state index is 0.271. The molecule has 0 spiro atoms. The van der Waals surface area contributed by atoms with E-state index in [2.05, 4.69) is 24.0 Å². The molecule has 2 N–H and O–H groups in total. The Kier molecular flexibility index (Phi) is 3.82. The van der Waals surface area contributed by atoms with E-state index in [1.165, 1.54) is 0 Å². The minimum Gasteiger partial charge on any atom is -0.484 e. The Morgan fingerprint density at radius 2 is 2.06 bits per heavy atom. The molecule has 1 atom stereocenters. The molecule has 1 aromatic heterocycles. The Labute approximate surface area is 106 Å². The third kappa shape index (κ3) is 3.00. The van der Waals surface area contributed by atoms with Crippen LogP contribution in [-0.4, -0.2) is 10.1 Å². The van der Waals surface area contributed by atoms with Gasteiger partial charge in [-0.15, -0.1) is 0 Å². The number of nitrogen functional groups attached to an aromatic ring is 1. The van der Waals surface area contributed by atoms with Crippen LogP contribution in [0.5, 0.6) is 5.75 Å². The summed E-state index contributed by atoms with van der Waals surface area (Å²) in [4.78, 5) is 4.29. The average Bonchev–Trinajstić information content (AvgIpc) is 2.86. The van der Waals surface area contributed by atoms with E-state index in [0.717, 1.165) is 18.0 Å². The van der Waals surface area contributed by atoms with E-state index in [1.807, 2.05) is 0 Å². The van der Waals surface area contributed by atoms with Gasteiger partial charge in [0.2, 0.25) is 0 Å². The molecular formula is C13H17N3O2. The van der Waals surface area contributed by atoms with E-state index < -0.39 is 0 Å². The normalized spacial score (nSPS) is 12.3. The van der Waals surface area contributed by atoms with Crippen LogP contribution in [0.3, 0.4) is 0 Å². The maximum Gasteiger partial charge on any atom is 0.264 e. The van der Waals surface area contributed by atoms with Crippen LogP contribution < -0.4 is 10.5 Å². The summed E-state index contributed by atoms with van der Waals surface area (Å²) < 4.78 is 10.6. The molecule has 0 aliphatic rings. The van der Waals surface area contributed by atoms with Gasteiger partial charge in [0, 0.05) is 11.6 Å². The number of nitrogens with two attached hydrogens (primary N) is 1. The summed E-state index contributed by atoms with van der Waals surface area (Å²) >= 11 is 0. The van der Waals surface area contributed by atoms with Crippen molar-refractivity contribution in [3.05, 3.63) is 36.0 Å². The fourth-order valence-corrected chi connectivity index (χ4v) is 1.42. The van der Waals surface area contributed by atoms with Crippen molar-refractivity contribution in [3.63, 3.8) is 0 Å². The first-order valence-electron chi connectivity index (χ1n) is 6.00. The van der Waals surface area contributed by atoms with Gasteiger partial charge in [-0.1, -0.05) is 19.0 Å². The number of rotatable bonds is 5. The van der Waals surface area contributed by atoms with Crippen LogP contribution in [0.4, 0.5) is 5.69 Å². The number of nitrogens with zero attached hydrogens (tertiary/aromatic N) is 2. The van der Waals surface area contributed by atoms with E-state index in [0.29, 0.717) is 17.5 Å². The smallest absolute Gasteiger partial charge is 0.264 e. The molecule has 0 amide bonds. The Bertz CT molecular complexity index is 493. The van der Waals surface area contributed by atoms with E-state index in [9.17, 15) is 0 Å². The SMILES string of the molecule is CCC(C)c1noc(COc2ccc(N)cc2)n1. The highest BCUT2D eigenvalue weighted by Gasteiger charge is 2.12. The van der Waals surface area contributed by atoms with Crippen LogP contribution in [0.15, 0.2) is 28.8 Å². The number of hydrogen-bond acceptors (Lipinski definition) is 5. The van der Waals surface area contributed by atoms with Gasteiger partial charge in [-0.25, -0.2) is 0 Å². The zero-order valence-electron chi connectivity index (χ0n) is 10.6. The van der Waals surface area contributed by atoms with E-state index in [1.54, 1.807) is 24.3 Å². The van der Waals surface area contributed by atoms with Crippen LogP contribution in [0, 0.1) is 0 Å². The summed E-state index contributed by atoms with van der Waals surface area (Å²) in [6, 6.07) is 7.18. The highest BCUT2D eigenvalue weighted by molar-refractivity contribution is 5.41. The third-order valence-corrected chi connectivity index (χ3v) is 2.78. The monoisotopic (exact) mass is 247 g/mol. The van der Waals surface area contributed by atoms with Gasteiger partial charge in [-0.2, -0.15) is 4.98 Å². The van der Waals surface area contributed by atoms with Gasteiger partial charge in [0.05, 0.1) is 0 Å². The van der Waals surface area contributed by atoms with Crippen molar-refractivity contribution in [1.82, 2.24) is 10.1 Å². The van der Waals surface area contributed by atoms with Crippen molar-refractivity contribution in [2.45, 2.75) is 32.8 Å². The van der Waals surface area contributed by atoms with Crippen LogP contribution in [0.25, 0.3) is 0 Å². The maximum atomic E-state index is 5.59. The molecule has 0 aliphatic heterocycles. The quantitative estimate of drug-likeness (QED) is 0.822. The van der Waals surface area contributed by atoms with Gasteiger partial charge in [0.1, 0.15) is 5.75 Å². The highest BCUT2D eigenvalue weighted by atomic mass is 16.5. The van der Waals surface area contributed by atoms with Crippen LogP contribution in [0.1, 0.15) is 37.9 Å². The van der Waals surface area contributed by atoms with Crippen LogP contribution >= 0.6 is 0 Å². The lowest BCUT2D eigenvalue weighted by atomic mass is 10.1. The summed E-state index contributed by atoms with van der Waals surface area (Å²) in [6.07, 6.45) is 0.984. The number of hydrogen-bond donors (Lipinski definition) is 1. The lowest BCUT2D eigenvalue weighted by Gasteiger charge is -2.02. The Hall–Kier alpha value is -2.04. The molecule has 0 radical (unpaired) electrons. The molecule has 0 bridgehead atoms. The van der Waals surface area contributed by atoms with Crippen molar-refractivity contribution in [2.24, 2.45) is 0 Å². The van der Waals surface area contributed by atoms with E-state index >= 15 is 0 Å². The minimum atomic E-state index is 0.271. The Morgan fingerprint density at radius 1 is 1.33 bits per heavy atom. The zero-order chi connectivity index (χ0) is 13.0. The second kappa shape index (κ2) is 5.53. The first kappa shape index (κ1) is 12.4. The van der Waals surface area contributed by atoms with Gasteiger partial charge in [0.25, 0.3) is 5.89 Å². The third-order valence-electron chi connectivity index (χ3n) is 2.78. The van der Waals surface area contributed by atoms with Gasteiger partial charge in [0.15, 0.2) is 12.4 Å². The maximum absolute atomic E-state index is 5.59. The summed E-state index contributed by atoms with van der Waals surface area (Å²) in [5.41, 5.74) is 6.30. The fourth-order valence-electron chi connectivity index (χ4n) is 1.42. The predicted octanol–water partition coefficient (Wildman–Crippen LogP) is 2.74. The van der Waals surface area contributed by atoms with Crippen LogP contribution in [0.2, 0.25) is 0 Å². The second-order valence-electron chi connectivity index (χ2n) is 4.21. The first-order chi connectivity index (χ1) is 8.69. The molecule has 5 nitrogen and oxygen atoms in total. The van der Waals surface area contributed by atoms with Gasteiger partial charge >= 0.3 is 0 Å². The van der Waals surface area contributed by atoms with Gasteiger partial charge in [-0.3, -0.25) is 0 Å². The molecule has 1 aromatic carbocycles. The van der Waals surface area contributed by atoms with Crippen molar-refractivity contribution in [2.75, 3.05) is 5.73 Å². The lowest BCUT2D eigenvalue weighted by molar-refractivity contribution is 0.242. The molecule has 0 saturated carbocycles. The fraction of sp³-hybridized carbons (Fsp3) is 0.385. The van der Waals surface area contributed by atoms with E-state index in [-0.39, 0.29) is 6.61 Å². The van der Waals surface area contributed by atoms with Gasteiger partial charge in [-0.05, 0) is 30.7 Å². The molecule has 2 rings (SSSR count). The number of benzene rings is 1. The lowest BCUT2D eigenvalue weighted by Crippen LogP contribution is -1.98. The number of aromatic nitrogens is 2. The summed E-state index contributed by atoms with van der Waals surface area (Å²) in [6.45, 7) is 4.42. The summed E-state index contributed by atoms with van der Waals surface area (Å²) in [7, 11) is 0. The topological polar surface area (TPSA) is 74.2 Å². The molecule has 1 heterocycles. The molecule has 2 aromatic rings. The van der Waals surface area contributed by atoms with E-state index in [4.69, 9.17) is 15.0 Å². The molecule has 18 heavy (non-hydrogen) atoms. The zero-order valence-corrected chi connectivity index (χ0v) is 10.6.